The predicted octanol–water partition coefficient (Wildman–Crippen LogP) is 2.09. The van der Waals surface area contributed by atoms with Gasteiger partial charge in [0.2, 0.25) is 0 Å². The number of piperazine rings is 1. The maximum absolute atomic E-state index is 4.73. The second-order valence-electron chi connectivity index (χ2n) is 6.17. The van der Waals surface area contributed by atoms with Crippen molar-refractivity contribution in [2.24, 2.45) is 7.05 Å². The third-order valence-corrected chi connectivity index (χ3v) is 4.83. The summed E-state index contributed by atoms with van der Waals surface area (Å²) in [6.07, 6.45) is 5.81. The van der Waals surface area contributed by atoms with Gasteiger partial charge in [-0.1, -0.05) is 13.8 Å². The maximum atomic E-state index is 4.73. The summed E-state index contributed by atoms with van der Waals surface area (Å²) in [5.41, 5.74) is 5.39. The van der Waals surface area contributed by atoms with Crippen LogP contribution >= 0.6 is 0 Å². The van der Waals surface area contributed by atoms with Crippen LogP contribution in [-0.2, 0) is 26.4 Å². The number of rotatable bonds is 5. The fourth-order valence-corrected chi connectivity index (χ4v) is 3.63. The lowest BCUT2D eigenvalue weighted by Crippen LogP contribution is -2.45. The smallest absolute Gasteiger partial charge is 0.0669 e. The van der Waals surface area contributed by atoms with Crippen LogP contribution in [0.1, 0.15) is 42.4 Å². The minimum Gasteiger partial charge on any atom is -0.314 e. The fourth-order valence-electron chi connectivity index (χ4n) is 3.63. The first-order chi connectivity index (χ1) is 11.2. The van der Waals surface area contributed by atoms with E-state index >= 15 is 0 Å². The number of pyridine rings is 1. The molecule has 0 spiro atoms. The Hall–Kier alpha value is -1.72. The standard InChI is InChI=1S/C18H27N5/c1-4-16-15(17(5-2)22(3)21-16)13-23-11-10-20-12-18(23)14-6-8-19-9-7-14/h6-9,18,20H,4-5,10-13H2,1-3H3. The van der Waals surface area contributed by atoms with E-state index in [1.165, 1.54) is 22.5 Å². The van der Waals surface area contributed by atoms with E-state index in [9.17, 15) is 0 Å². The molecule has 1 unspecified atom stereocenters. The van der Waals surface area contributed by atoms with Gasteiger partial charge < -0.3 is 5.32 Å². The molecule has 1 fully saturated rings. The third kappa shape index (κ3) is 3.31. The molecule has 0 radical (unpaired) electrons. The van der Waals surface area contributed by atoms with Crippen LogP contribution in [0.5, 0.6) is 0 Å². The Balaban J connectivity index is 1.88. The molecule has 0 saturated carbocycles. The third-order valence-electron chi connectivity index (χ3n) is 4.83. The topological polar surface area (TPSA) is 46.0 Å². The fraction of sp³-hybridized carbons (Fsp3) is 0.556. The molecule has 124 valence electrons. The molecule has 3 rings (SSSR count). The number of nitrogens with zero attached hydrogens (tertiary/aromatic N) is 4. The van der Waals surface area contributed by atoms with Crippen LogP contribution in [0.3, 0.4) is 0 Å². The highest BCUT2D eigenvalue weighted by Crippen LogP contribution is 2.26. The molecule has 1 aliphatic heterocycles. The van der Waals surface area contributed by atoms with Gasteiger partial charge in [-0.15, -0.1) is 0 Å². The molecular formula is C18H27N5. The van der Waals surface area contributed by atoms with E-state index in [0.717, 1.165) is 39.0 Å². The van der Waals surface area contributed by atoms with Gasteiger partial charge in [0.05, 0.1) is 5.69 Å². The molecule has 1 saturated heterocycles. The average Bonchev–Trinajstić information content (AvgIpc) is 2.91. The van der Waals surface area contributed by atoms with Crippen molar-refractivity contribution in [3.8, 4) is 0 Å². The van der Waals surface area contributed by atoms with Crippen LogP contribution in [0.25, 0.3) is 0 Å². The molecule has 3 heterocycles. The molecule has 1 N–H and O–H groups in total. The minimum atomic E-state index is 0.404. The zero-order valence-electron chi connectivity index (χ0n) is 14.4. The first-order valence-corrected chi connectivity index (χ1v) is 8.62. The summed E-state index contributed by atoms with van der Waals surface area (Å²) in [6, 6.07) is 4.67. The van der Waals surface area contributed by atoms with Crippen molar-refractivity contribution < 1.29 is 0 Å². The Bertz CT molecular complexity index is 634. The van der Waals surface area contributed by atoms with E-state index in [4.69, 9.17) is 5.10 Å². The van der Waals surface area contributed by atoms with E-state index < -0.39 is 0 Å². The quantitative estimate of drug-likeness (QED) is 0.918. The summed E-state index contributed by atoms with van der Waals surface area (Å²) in [5, 5.41) is 8.26. The summed E-state index contributed by atoms with van der Waals surface area (Å²) in [4.78, 5) is 6.74. The highest BCUT2D eigenvalue weighted by Gasteiger charge is 2.26. The summed E-state index contributed by atoms with van der Waals surface area (Å²) < 4.78 is 2.07. The van der Waals surface area contributed by atoms with Crippen molar-refractivity contribution in [1.29, 1.82) is 0 Å². The van der Waals surface area contributed by atoms with Crippen LogP contribution in [0.4, 0.5) is 0 Å². The molecule has 2 aromatic rings. The van der Waals surface area contributed by atoms with E-state index in [0.29, 0.717) is 6.04 Å². The second-order valence-corrected chi connectivity index (χ2v) is 6.17. The highest BCUT2D eigenvalue weighted by atomic mass is 15.3. The molecule has 1 aliphatic rings. The molecule has 2 aromatic heterocycles. The Morgan fingerprint density at radius 3 is 2.70 bits per heavy atom. The van der Waals surface area contributed by atoms with Gasteiger partial charge in [-0.25, -0.2) is 0 Å². The van der Waals surface area contributed by atoms with Gasteiger partial charge in [0, 0.05) is 62.9 Å². The molecule has 0 bridgehead atoms. The second kappa shape index (κ2) is 7.23. The van der Waals surface area contributed by atoms with Gasteiger partial charge in [-0.2, -0.15) is 5.10 Å². The van der Waals surface area contributed by atoms with Crippen LogP contribution in [0.2, 0.25) is 0 Å². The van der Waals surface area contributed by atoms with E-state index in [-0.39, 0.29) is 0 Å². The lowest BCUT2D eigenvalue weighted by atomic mass is 10.0. The van der Waals surface area contributed by atoms with Crippen LogP contribution in [0.15, 0.2) is 24.5 Å². The van der Waals surface area contributed by atoms with Crippen molar-refractivity contribution in [3.63, 3.8) is 0 Å². The zero-order chi connectivity index (χ0) is 16.2. The van der Waals surface area contributed by atoms with Gasteiger partial charge in [0.25, 0.3) is 0 Å². The van der Waals surface area contributed by atoms with Crippen LogP contribution < -0.4 is 5.32 Å². The zero-order valence-corrected chi connectivity index (χ0v) is 14.4. The Morgan fingerprint density at radius 1 is 1.22 bits per heavy atom. The highest BCUT2D eigenvalue weighted by molar-refractivity contribution is 5.27. The van der Waals surface area contributed by atoms with Crippen molar-refractivity contribution >= 4 is 0 Å². The van der Waals surface area contributed by atoms with Gasteiger partial charge in [-0.05, 0) is 30.5 Å². The van der Waals surface area contributed by atoms with Crippen molar-refractivity contribution in [2.75, 3.05) is 19.6 Å². The van der Waals surface area contributed by atoms with Gasteiger partial charge in [-0.3, -0.25) is 14.6 Å². The molecule has 5 nitrogen and oxygen atoms in total. The Labute approximate surface area is 138 Å². The normalized spacial score (nSPS) is 19.2. The lowest BCUT2D eigenvalue weighted by molar-refractivity contribution is 0.153. The lowest BCUT2D eigenvalue weighted by Gasteiger charge is -2.36. The molecule has 0 aliphatic carbocycles. The Morgan fingerprint density at radius 2 is 2.00 bits per heavy atom. The largest absolute Gasteiger partial charge is 0.314 e. The summed E-state index contributed by atoms with van der Waals surface area (Å²) in [5.74, 6) is 0. The average molecular weight is 313 g/mol. The van der Waals surface area contributed by atoms with Gasteiger partial charge in [0.1, 0.15) is 0 Å². The Kier molecular flexibility index (Phi) is 5.08. The summed E-state index contributed by atoms with van der Waals surface area (Å²) >= 11 is 0. The van der Waals surface area contributed by atoms with Crippen molar-refractivity contribution in [3.05, 3.63) is 47.0 Å². The van der Waals surface area contributed by atoms with Crippen molar-refractivity contribution in [2.45, 2.75) is 39.3 Å². The summed E-state index contributed by atoms with van der Waals surface area (Å²) in [6.45, 7) is 8.50. The SMILES string of the molecule is CCc1nn(C)c(CC)c1CN1CCNCC1c1ccncc1. The molecule has 23 heavy (non-hydrogen) atoms. The van der Waals surface area contributed by atoms with Gasteiger partial charge >= 0.3 is 0 Å². The molecule has 0 aromatic carbocycles. The molecule has 5 heteroatoms. The van der Waals surface area contributed by atoms with E-state index in [1.807, 2.05) is 12.4 Å². The predicted molar refractivity (Wildman–Crippen MR) is 92.2 cm³/mol. The number of aromatic nitrogens is 3. The first-order valence-electron chi connectivity index (χ1n) is 8.62. The van der Waals surface area contributed by atoms with E-state index in [1.54, 1.807) is 0 Å². The van der Waals surface area contributed by atoms with Crippen molar-refractivity contribution in [1.82, 2.24) is 25.0 Å². The molecular weight excluding hydrogens is 286 g/mol. The van der Waals surface area contributed by atoms with Crippen LogP contribution in [0, 0.1) is 0 Å². The number of hydrogen-bond donors (Lipinski definition) is 1. The minimum absolute atomic E-state index is 0.404. The number of aryl methyl sites for hydroxylation is 2. The maximum Gasteiger partial charge on any atom is 0.0669 e. The molecule has 0 amide bonds. The van der Waals surface area contributed by atoms with Crippen LogP contribution in [-0.4, -0.2) is 39.3 Å². The van der Waals surface area contributed by atoms with E-state index in [2.05, 4.69) is 52.9 Å². The number of nitrogens with one attached hydrogen (secondary N) is 1. The monoisotopic (exact) mass is 313 g/mol. The first kappa shape index (κ1) is 16.1. The molecule has 1 atom stereocenters. The summed E-state index contributed by atoms with van der Waals surface area (Å²) in [7, 11) is 2.07. The van der Waals surface area contributed by atoms with Gasteiger partial charge in [0.15, 0.2) is 0 Å². The number of hydrogen-bond acceptors (Lipinski definition) is 4.